The van der Waals surface area contributed by atoms with Crippen LogP contribution in [0.1, 0.15) is 37.6 Å². The van der Waals surface area contributed by atoms with Gasteiger partial charge in [0.05, 0.1) is 16.6 Å². The number of ether oxygens (including phenoxy) is 2. The van der Waals surface area contributed by atoms with Crippen molar-refractivity contribution < 1.29 is 19.1 Å². The third-order valence-corrected chi connectivity index (χ3v) is 4.03. The molecule has 2 aromatic carbocycles. The molecule has 0 spiro atoms. The van der Waals surface area contributed by atoms with Crippen LogP contribution in [-0.2, 0) is 4.79 Å². The topological polar surface area (TPSA) is 64.6 Å². The van der Waals surface area contributed by atoms with E-state index in [0.717, 1.165) is 0 Å². The number of amides is 1. The maximum Gasteiger partial charge on any atom is 0.343 e. The molecule has 26 heavy (non-hydrogen) atoms. The summed E-state index contributed by atoms with van der Waals surface area (Å²) in [5, 5.41) is 2.74. The monoisotopic (exact) mass is 419 g/mol. The average molecular weight is 420 g/mol. The van der Waals surface area contributed by atoms with Gasteiger partial charge in [-0.2, -0.15) is 0 Å². The number of nitrogens with one attached hydrogen (secondary N) is 1. The Balaban J connectivity index is 2.01. The summed E-state index contributed by atoms with van der Waals surface area (Å²) in [6.07, 6.45) is 0.405. The first-order valence-corrected chi connectivity index (χ1v) is 9.22. The summed E-state index contributed by atoms with van der Waals surface area (Å²) in [6.45, 7) is 6.52. The maximum absolute atomic E-state index is 12.3. The molecular weight excluding hydrogens is 398 g/mol. The van der Waals surface area contributed by atoms with Gasteiger partial charge in [-0.25, -0.2) is 4.79 Å². The highest BCUT2D eigenvalue weighted by molar-refractivity contribution is 9.10. The molecule has 2 aromatic rings. The van der Waals surface area contributed by atoms with Crippen LogP contribution >= 0.6 is 15.9 Å². The smallest absolute Gasteiger partial charge is 0.343 e. The van der Waals surface area contributed by atoms with Crippen molar-refractivity contribution in [2.24, 2.45) is 5.92 Å². The van der Waals surface area contributed by atoms with E-state index in [-0.39, 0.29) is 5.91 Å². The first-order chi connectivity index (χ1) is 12.4. The molecule has 0 heterocycles. The van der Waals surface area contributed by atoms with Gasteiger partial charge in [0, 0.05) is 12.1 Å². The van der Waals surface area contributed by atoms with Crippen molar-refractivity contribution >= 4 is 33.5 Å². The number of anilines is 1. The van der Waals surface area contributed by atoms with Gasteiger partial charge in [-0.3, -0.25) is 4.79 Å². The molecule has 0 unspecified atom stereocenters. The summed E-state index contributed by atoms with van der Waals surface area (Å²) >= 11 is 3.42. The summed E-state index contributed by atoms with van der Waals surface area (Å²) in [7, 11) is 0. The average Bonchev–Trinajstić information content (AvgIpc) is 2.62. The molecule has 0 aliphatic carbocycles. The van der Waals surface area contributed by atoms with Crippen LogP contribution in [0.2, 0.25) is 0 Å². The Morgan fingerprint density at radius 3 is 2.38 bits per heavy atom. The van der Waals surface area contributed by atoms with Gasteiger partial charge in [-0.05, 0) is 64.3 Å². The minimum atomic E-state index is -0.466. The second-order valence-corrected chi connectivity index (χ2v) is 7.02. The van der Waals surface area contributed by atoms with Crippen LogP contribution in [0.15, 0.2) is 46.9 Å². The summed E-state index contributed by atoms with van der Waals surface area (Å²) < 4.78 is 11.7. The van der Waals surface area contributed by atoms with Gasteiger partial charge in [0.15, 0.2) is 0 Å². The van der Waals surface area contributed by atoms with Gasteiger partial charge in [0.2, 0.25) is 5.91 Å². The maximum atomic E-state index is 12.3. The number of halogens is 1. The van der Waals surface area contributed by atoms with Crippen LogP contribution in [0, 0.1) is 5.92 Å². The predicted molar refractivity (Wildman–Crippen MR) is 105 cm³/mol. The Morgan fingerprint density at radius 2 is 1.81 bits per heavy atom. The van der Waals surface area contributed by atoms with Gasteiger partial charge in [-0.1, -0.05) is 20.8 Å². The van der Waals surface area contributed by atoms with Crippen LogP contribution in [-0.4, -0.2) is 18.5 Å². The third kappa shape index (κ3) is 5.88. The first-order valence-electron chi connectivity index (χ1n) is 8.43. The van der Waals surface area contributed by atoms with Crippen LogP contribution in [0.3, 0.4) is 0 Å². The van der Waals surface area contributed by atoms with Gasteiger partial charge in [0.1, 0.15) is 11.5 Å². The van der Waals surface area contributed by atoms with Crippen molar-refractivity contribution in [3.63, 3.8) is 0 Å². The minimum absolute atomic E-state index is 0.0700. The molecule has 6 heteroatoms. The van der Waals surface area contributed by atoms with E-state index in [0.29, 0.717) is 46.2 Å². The Hall–Kier alpha value is -2.34. The lowest BCUT2D eigenvalue weighted by atomic mass is 10.2. The highest BCUT2D eigenvalue weighted by Crippen LogP contribution is 2.27. The van der Waals surface area contributed by atoms with Crippen molar-refractivity contribution in [3.05, 3.63) is 52.5 Å². The lowest BCUT2D eigenvalue weighted by Crippen LogP contribution is -2.10. The van der Waals surface area contributed by atoms with Crippen molar-refractivity contribution in [1.82, 2.24) is 0 Å². The molecule has 5 nitrogen and oxygen atoms in total. The molecule has 0 saturated heterocycles. The van der Waals surface area contributed by atoms with Crippen LogP contribution in [0.5, 0.6) is 11.5 Å². The molecule has 0 aromatic heterocycles. The summed E-state index contributed by atoms with van der Waals surface area (Å²) in [5.74, 6) is 0.967. The second kappa shape index (κ2) is 9.38. The van der Waals surface area contributed by atoms with E-state index in [1.54, 1.807) is 49.4 Å². The van der Waals surface area contributed by atoms with Crippen LogP contribution in [0.4, 0.5) is 5.69 Å². The molecule has 0 bridgehead atoms. The zero-order chi connectivity index (χ0) is 19.1. The Labute approximate surface area is 161 Å². The van der Waals surface area contributed by atoms with E-state index in [1.165, 1.54) is 0 Å². The van der Waals surface area contributed by atoms with Gasteiger partial charge >= 0.3 is 5.97 Å². The molecule has 138 valence electrons. The second-order valence-electron chi connectivity index (χ2n) is 6.17. The summed E-state index contributed by atoms with van der Waals surface area (Å²) in [4.78, 5) is 23.7. The molecule has 1 amide bonds. The van der Waals surface area contributed by atoms with E-state index in [9.17, 15) is 9.59 Å². The minimum Gasteiger partial charge on any atom is -0.492 e. The molecule has 0 aliphatic rings. The van der Waals surface area contributed by atoms with Crippen LogP contribution in [0.25, 0.3) is 0 Å². The zero-order valence-corrected chi connectivity index (χ0v) is 16.6. The Kier molecular flexibility index (Phi) is 7.21. The third-order valence-electron chi connectivity index (χ3n) is 3.41. The van der Waals surface area contributed by atoms with Crippen molar-refractivity contribution in [2.75, 3.05) is 11.9 Å². The lowest BCUT2D eigenvalue weighted by Gasteiger charge is -2.11. The largest absolute Gasteiger partial charge is 0.492 e. The number of carbonyl (C=O) groups excluding carboxylic acids is 2. The number of hydrogen-bond donors (Lipinski definition) is 1. The fraction of sp³-hybridized carbons (Fsp3) is 0.300. The number of rotatable bonds is 7. The number of benzene rings is 2. The van der Waals surface area contributed by atoms with Gasteiger partial charge < -0.3 is 14.8 Å². The van der Waals surface area contributed by atoms with E-state index in [2.05, 4.69) is 35.1 Å². The quantitative estimate of drug-likeness (QED) is 0.503. The predicted octanol–water partition coefficient (Wildman–Crippen LogP) is 5.05. The molecule has 0 saturated carbocycles. The van der Waals surface area contributed by atoms with Gasteiger partial charge in [-0.15, -0.1) is 0 Å². The van der Waals surface area contributed by atoms with E-state index >= 15 is 0 Å². The Morgan fingerprint density at radius 1 is 1.12 bits per heavy atom. The molecule has 0 atom stereocenters. The summed E-state index contributed by atoms with van der Waals surface area (Å²) in [6, 6.07) is 11.7. The molecule has 1 N–H and O–H groups in total. The molecule has 0 fully saturated rings. The molecule has 0 aliphatic heterocycles. The van der Waals surface area contributed by atoms with Crippen molar-refractivity contribution in [3.8, 4) is 11.5 Å². The normalized spacial score (nSPS) is 10.5. The number of carbonyl (C=O) groups is 2. The van der Waals surface area contributed by atoms with Gasteiger partial charge in [0.25, 0.3) is 0 Å². The fourth-order valence-corrected chi connectivity index (χ4v) is 2.52. The molecule has 0 radical (unpaired) electrons. The number of esters is 1. The number of hydrogen-bond acceptors (Lipinski definition) is 4. The zero-order valence-electron chi connectivity index (χ0n) is 15.0. The molecular formula is C20H22BrNO4. The molecule has 2 rings (SSSR count). The SMILES string of the molecule is CCC(=O)Nc1ccc(OC(=O)c2ccc(OCC(C)C)c(Br)c2)cc1. The Bertz CT molecular complexity index is 772. The lowest BCUT2D eigenvalue weighted by molar-refractivity contribution is -0.115. The van der Waals surface area contributed by atoms with Crippen molar-refractivity contribution in [2.45, 2.75) is 27.2 Å². The highest BCUT2D eigenvalue weighted by Gasteiger charge is 2.12. The van der Waals surface area contributed by atoms with E-state index in [4.69, 9.17) is 9.47 Å². The standard InChI is InChI=1S/C20H22BrNO4/c1-4-19(23)22-15-6-8-16(9-7-15)26-20(24)14-5-10-18(17(21)11-14)25-12-13(2)3/h5-11,13H,4,12H2,1-3H3,(H,22,23). The van der Waals surface area contributed by atoms with E-state index in [1.807, 2.05) is 0 Å². The summed E-state index contributed by atoms with van der Waals surface area (Å²) in [5.41, 5.74) is 1.07. The highest BCUT2D eigenvalue weighted by atomic mass is 79.9. The fourth-order valence-electron chi connectivity index (χ4n) is 2.02. The van der Waals surface area contributed by atoms with Crippen molar-refractivity contribution in [1.29, 1.82) is 0 Å². The van der Waals surface area contributed by atoms with Crippen LogP contribution < -0.4 is 14.8 Å². The van der Waals surface area contributed by atoms with E-state index < -0.39 is 5.97 Å². The first kappa shape index (κ1) is 20.0.